The number of hydrogen-bond acceptors (Lipinski definition) is 4. The van der Waals surface area contributed by atoms with Crippen LogP contribution in [0, 0.1) is 6.92 Å². The van der Waals surface area contributed by atoms with Crippen LogP contribution in [0.25, 0.3) is 0 Å². The van der Waals surface area contributed by atoms with Gasteiger partial charge in [0.1, 0.15) is 12.6 Å². The van der Waals surface area contributed by atoms with Crippen LogP contribution in [-0.4, -0.2) is 44.3 Å². The normalized spacial score (nSPS) is 12.0. The van der Waals surface area contributed by atoms with E-state index in [1.807, 2.05) is 57.2 Å². The number of sulfonamides is 1. The van der Waals surface area contributed by atoms with Crippen molar-refractivity contribution in [1.82, 2.24) is 10.2 Å². The Bertz CT molecular complexity index is 1340. The first-order chi connectivity index (χ1) is 18.2. The Morgan fingerprint density at radius 3 is 2.11 bits per heavy atom. The van der Waals surface area contributed by atoms with E-state index in [1.54, 1.807) is 37.3 Å². The molecule has 0 bridgehead atoms. The second-order valence-electron chi connectivity index (χ2n) is 9.22. The van der Waals surface area contributed by atoms with Crippen molar-refractivity contribution in [2.45, 2.75) is 58.0 Å². The minimum atomic E-state index is -4.07. The van der Waals surface area contributed by atoms with E-state index in [0.717, 1.165) is 23.1 Å². The fraction of sp³-hybridized carbons (Fsp3) is 0.333. The van der Waals surface area contributed by atoms with Gasteiger partial charge in [0, 0.05) is 13.1 Å². The molecule has 0 saturated heterocycles. The molecule has 8 heteroatoms. The molecule has 0 heterocycles. The molecule has 0 aliphatic heterocycles. The quantitative estimate of drug-likeness (QED) is 0.364. The Morgan fingerprint density at radius 1 is 0.868 bits per heavy atom. The Kier molecular flexibility index (Phi) is 10.1. The van der Waals surface area contributed by atoms with Crippen LogP contribution in [0.1, 0.15) is 43.9 Å². The highest BCUT2D eigenvalue weighted by Gasteiger charge is 2.33. The molecular weight excluding hydrogens is 498 g/mol. The van der Waals surface area contributed by atoms with E-state index in [2.05, 4.69) is 5.32 Å². The van der Waals surface area contributed by atoms with Gasteiger partial charge in [-0.15, -0.1) is 0 Å². The number of aryl methyl sites for hydroxylation is 2. The van der Waals surface area contributed by atoms with Gasteiger partial charge in [-0.25, -0.2) is 8.42 Å². The minimum absolute atomic E-state index is 0.0953. The molecule has 0 saturated carbocycles. The summed E-state index contributed by atoms with van der Waals surface area (Å²) in [6.45, 7) is 7.76. The number of para-hydroxylation sites is 1. The Hall–Kier alpha value is -3.65. The summed E-state index contributed by atoms with van der Waals surface area (Å²) in [4.78, 5) is 28.5. The summed E-state index contributed by atoms with van der Waals surface area (Å²) in [5.74, 6) is -0.738. The summed E-state index contributed by atoms with van der Waals surface area (Å²) in [5.41, 5.74) is 3.13. The van der Waals surface area contributed by atoms with Crippen molar-refractivity contribution in [3.05, 3.63) is 95.6 Å². The van der Waals surface area contributed by atoms with Gasteiger partial charge in [-0.1, -0.05) is 74.5 Å². The highest BCUT2D eigenvalue weighted by atomic mass is 32.2. The first kappa shape index (κ1) is 28.9. The van der Waals surface area contributed by atoms with Crippen molar-refractivity contribution in [3.63, 3.8) is 0 Å². The lowest BCUT2D eigenvalue weighted by Crippen LogP contribution is -2.51. The number of carbonyl (C=O) groups excluding carboxylic acids is 2. The fourth-order valence-corrected chi connectivity index (χ4v) is 5.71. The second-order valence-corrected chi connectivity index (χ2v) is 11.1. The van der Waals surface area contributed by atoms with Gasteiger partial charge in [0.05, 0.1) is 10.6 Å². The van der Waals surface area contributed by atoms with E-state index in [0.29, 0.717) is 18.7 Å². The molecule has 0 aromatic heterocycles. The summed E-state index contributed by atoms with van der Waals surface area (Å²) in [7, 11) is -4.07. The van der Waals surface area contributed by atoms with Crippen molar-refractivity contribution in [1.29, 1.82) is 0 Å². The highest BCUT2D eigenvalue weighted by molar-refractivity contribution is 7.92. The molecule has 0 aliphatic carbocycles. The molecule has 0 radical (unpaired) electrons. The van der Waals surface area contributed by atoms with Crippen molar-refractivity contribution in [2.24, 2.45) is 0 Å². The summed E-state index contributed by atoms with van der Waals surface area (Å²) < 4.78 is 29.0. The number of hydrogen-bond donors (Lipinski definition) is 1. The molecule has 7 nitrogen and oxygen atoms in total. The molecule has 0 spiro atoms. The van der Waals surface area contributed by atoms with Crippen molar-refractivity contribution >= 4 is 27.5 Å². The number of nitrogens with zero attached hydrogens (tertiary/aromatic N) is 2. The van der Waals surface area contributed by atoms with E-state index in [9.17, 15) is 18.0 Å². The molecule has 0 fully saturated rings. The molecule has 3 aromatic carbocycles. The van der Waals surface area contributed by atoms with Gasteiger partial charge in [0.2, 0.25) is 11.8 Å². The Morgan fingerprint density at radius 2 is 1.47 bits per heavy atom. The molecule has 2 amide bonds. The van der Waals surface area contributed by atoms with Crippen LogP contribution >= 0.6 is 0 Å². The third kappa shape index (κ3) is 6.81. The third-order valence-electron chi connectivity index (χ3n) is 6.57. The second kappa shape index (κ2) is 13.2. The number of carbonyl (C=O) groups is 2. The lowest BCUT2D eigenvalue weighted by molar-refractivity contribution is -0.139. The van der Waals surface area contributed by atoms with Gasteiger partial charge in [-0.3, -0.25) is 13.9 Å². The predicted molar refractivity (Wildman–Crippen MR) is 151 cm³/mol. The van der Waals surface area contributed by atoms with Crippen LogP contribution in [0.15, 0.2) is 83.8 Å². The summed E-state index contributed by atoms with van der Waals surface area (Å²) in [6.07, 6.45) is 1.36. The molecule has 3 rings (SSSR count). The van der Waals surface area contributed by atoms with Crippen LogP contribution in [0.5, 0.6) is 0 Å². The highest BCUT2D eigenvalue weighted by Crippen LogP contribution is 2.28. The topological polar surface area (TPSA) is 86.8 Å². The van der Waals surface area contributed by atoms with E-state index < -0.39 is 28.5 Å². The van der Waals surface area contributed by atoms with Crippen molar-refractivity contribution < 1.29 is 18.0 Å². The first-order valence-electron chi connectivity index (χ1n) is 13.0. The van der Waals surface area contributed by atoms with E-state index in [-0.39, 0.29) is 17.3 Å². The number of nitrogens with one attached hydrogen (secondary N) is 1. The first-order valence-corrected chi connectivity index (χ1v) is 14.4. The number of benzene rings is 3. The molecule has 38 heavy (non-hydrogen) atoms. The molecule has 0 unspecified atom stereocenters. The molecule has 3 aromatic rings. The average molecular weight is 536 g/mol. The maximum absolute atomic E-state index is 14.0. The summed E-state index contributed by atoms with van der Waals surface area (Å²) in [6, 6.07) is 22.2. The Balaban J connectivity index is 2.05. The average Bonchev–Trinajstić information content (AvgIpc) is 2.94. The molecule has 0 aliphatic rings. The van der Waals surface area contributed by atoms with Gasteiger partial charge in [-0.05, 0) is 61.6 Å². The van der Waals surface area contributed by atoms with Gasteiger partial charge in [0.25, 0.3) is 10.0 Å². The maximum atomic E-state index is 14.0. The zero-order valence-corrected chi connectivity index (χ0v) is 23.4. The van der Waals surface area contributed by atoms with E-state index in [4.69, 9.17) is 0 Å². The van der Waals surface area contributed by atoms with Gasteiger partial charge in [0.15, 0.2) is 0 Å². The van der Waals surface area contributed by atoms with Crippen LogP contribution < -0.4 is 9.62 Å². The van der Waals surface area contributed by atoms with Gasteiger partial charge >= 0.3 is 0 Å². The number of anilines is 1. The van der Waals surface area contributed by atoms with Gasteiger partial charge < -0.3 is 10.2 Å². The summed E-state index contributed by atoms with van der Waals surface area (Å²) in [5, 5.41) is 2.86. The standard InChI is InChI=1S/C30H37N3O4S/c1-5-20-31-30(35)24(4)32(21-26-16-11-10-14-23(26)3)29(34)22-33(28-19-13-12-15-25(28)6-2)38(36,37)27-17-8-7-9-18-27/h7-19,24H,5-6,20-22H2,1-4H3,(H,31,35)/t24-/m0/s1. The number of amides is 2. The van der Waals surface area contributed by atoms with Crippen LogP contribution in [0.4, 0.5) is 5.69 Å². The summed E-state index contributed by atoms with van der Waals surface area (Å²) >= 11 is 0. The molecule has 1 atom stereocenters. The smallest absolute Gasteiger partial charge is 0.264 e. The minimum Gasteiger partial charge on any atom is -0.354 e. The SMILES string of the molecule is CCCNC(=O)[C@H](C)N(Cc1ccccc1C)C(=O)CN(c1ccccc1CC)S(=O)(=O)c1ccccc1. The monoisotopic (exact) mass is 535 g/mol. The lowest BCUT2D eigenvalue weighted by atomic mass is 10.1. The van der Waals surface area contributed by atoms with Crippen LogP contribution in [0.2, 0.25) is 0 Å². The molecule has 202 valence electrons. The number of rotatable bonds is 12. The zero-order chi connectivity index (χ0) is 27.7. The molecular formula is C30H37N3O4S. The largest absolute Gasteiger partial charge is 0.354 e. The van der Waals surface area contributed by atoms with E-state index in [1.165, 1.54) is 21.3 Å². The van der Waals surface area contributed by atoms with Gasteiger partial charge in [-0.2, -0.15) is 0 Å². The third-order valence-corrected chi connectivity index (χ3v) is 8.34. The Labute approximate surface area is 226 Å². The van der Waals surface area contributed by atoms with Crippen LogP contribution in [-0.2, 0) is 32.6 Å². The maximum Gasteiger partial charge on any atom is 0.264 e. The molecule has 1 N–H and O–H groups in total. The predicted octanol–water partition coefficient (Wildman–Crippen LogP) is 4.70. The van der Waals surface area contributed by atoms with Crippen LogP contribution in [0.3, 0.4) is 0 Å². The van der Waals surface area contributed by atoms with Crippen molar-refractivity contribution in [3.8, 4) is 0 Å². The van der Waals surface area contributed by atoms with Crippen molar-refractivity contribution in [2.75, 3.05) is 17.4 Å². The van der Waals surface area contributed by atoms with E-state index >= 15 is 0 Å². The fourth-order valence-electron chi connectivity index (χ4n) is 4.24. The zero-order valence-electron chi connectivity index (χ0n) is 22.6. The lowest BCUT2D eigenvalue weighted by Gasteiger charge is -2.33.